The SMILES string of the molecule is CCCCC(CCC)(CCCN(CC(=O)Nc1cc(OC)ccn1)C(=O)C(C)C(C)CC1CCC1)c1ccccc1. The predicted octanol–water partition coefficient (Wildman–Crippen LogP) is 8.03. The first kappa shape index (κ1) is 32.6. The lowest BCUT2D eigenvalue weighted by molar-refractivity contribution is -0.139. The number of anilines is 1. The number of amides is 2. The van der Waals surface area contributed by atoms with Gasteiger partial charge < -0.3 is 15.0 Å². The van der Waals surface area contributed by atoms with Crippen LogP contribution in [-0.4, -0.2) is 41.9 Å². The van der Waals surface area contributed by atoms with Gasteiger partial charge in [-0.15, -0.1) is 0 Å². The Hall–Kier alpha value is -2.89. The second-order valence-corrected chi connectivity index (χ2v) is 12.3. The van der Waals surface area contributed by atoms with Crippen LogP contribution in [0.4, 0.5) is 5.82 Å². The first-order valence-corrected chi connectivity index (χ1v) is 16.0. The van der Waals surface area contributed by atoms with Crippen molar-refractivity contribution in [3.8, 4) is 5.75 Å². The fourth-order valence-corrected chi connectivity index (χ4v) is 6.42. The summed E-state index contributed by atoms with van der Waals surface area (Å²) in [4.78, 5) is 33.1. The van der Waals surface area contributed by atoms with Crippen LogP contribution >= 0.6 is 0 Å². The van der Waals surface area contributed by atoms with Gasteiger partial charge in [0.25, 0.3) is 0 Å². The third kappa shape index (κ3) is 9.58. The molecule has 1 aliphatic carbocycles. The third-order valence-electron chi connectivity index (χ3n) is 9.26. The molecule has 2 amide bonds. The highest BCUT2D eigenvalue weighted by molar-refractivity contribution is 5.94. The number of ether oxygens (including phenoxy) is 1. The highest BCUT2D eigenvalue weighted by Crippen LogP contribution is 2.39. The van der Waals surface area contributed by atoms with Crippen molar-refractivity contribution in [2.24, 2.45) is 17.8 Å². The van der Waals surface area contributed by atoms with Crippen molar-refractivity contribution in [1.29, 1.82) is 0 Å². The lowest BCUT2D eigenvalue weighted by Crippen LogP contribution is -2.43. The first-order valence-electron chi connectivity index (χ1n) is 16.0. The average Bonchev–Trinajstić information content (AvgIpc) is 2.96. The lowest BCUT2D eigenvalue weighted by atomic mass is 9.70. The maximum absolute atomic E-state index is 13.9. The van der Waals surface area contributed by atoms with E-state index in [1.54, 1.807) is 30.3 Å². The molecule has 3 atom stereocenters. The minimum absolute atomic E-state index is 0.0271. The molecule has 1 heterocycles. The Balaban J connectivity index is 1.75. The van der Waals surface area contributed by atoms with Gasteiger partial charge in [0.15, 0.2) is 0 Å². The molecular weight excluding hydrogens is 510 g/mol. The molecule has 1 aromatic carbocycles. The van der Waals surface area contributed by atoms with Crippen LogP contribution in [0.25, 0.3) is 0 Å². The Morgan fingerprint density at radius 1 is 1.05 bits per heavy atom. The Bertz CT molecular complexity index is 1070. The smallest absolute Gasteiger partial charge is 0.245 e. The fourth-order valence-electron chi connectivity index (χ4n) is 6.42. The summed E-state index contributed by atoms with van der Waals surface area (Å²) in [6.45, 7) is 9.37. The monoisotopic (exact) mass is 563 g/mol. The van der Waals surface area contributed by atoms with E-state index in [9.17, 15) is 9.59 Å². The Morgan fingerprint density at radius 3 is 2.41 bits per heavy atom. The lowest BCUT2D eigenvalue weighted by Gasteiger charge is -2.36. The van der Waals surface area contributed by atoms with Crippen molar-refractivity contribution in [1.82, 2.24) is 9.88 Å². The molecular formula is C35H53N3O3. The van der Waals surface area contributed by atoms with E-state index in [1.165, 1.54) is 31.2 Å². The number of hydrogen-bond donors (Lipinski definition) is 1. The summed E-state index contributed by atoms with van der Waals surface area (Å²) in [6, 6.07) is 14.3. The molecule has 6 nitrogen and oxygen atoms in total. The first-order chi connectivity index (χ1) is 19.8. The van der Waals surface area contributed by atoms with Crippen LogP contribution in [0.2, 0.25) is 0 Å². The van der Waals surface area contributed by atoms with Crippen molar-refractivity contribution in [2.75, 3.05) is 25.5 Å². The summed E-state index contributed by atoms with van der Waals surface area (Å²) < 4.78 is 5.27. The zero-order chi connectivity index (χ0) is 29.7. The minimum Gasteiger partial charge on any atom is -0.497 e. The van der Waals surface area contributed by atoms with Crippen molar-refractivity contribution in [3.63, 3.8) is 0 Å². The topological polar surface area (TPSA) is 71.5 Å². The van der Waals surface area contributed by atoms with Crippen LogP contribution in [0.5, 0.6) is 5.75 Å². The van der Waals surface area contributed by atoms with E-state index < -0.39 is 0 Å². The summed E-state index contributed by atoms with van der Waals surface area (Å²) in [7, 11) is 1.59. The number of hydrogen-bond acceptors (Lipinski definition) is 4. The average molecular weight is 564 g/mol. The van der Waals surface area contributed by atoms with E-state index in [-0.39, 0.29) is 29.7 Å². The molecule has 2 aromatic rings. The van der Waals surface area contributed by atoms with Gasteiger partial charge in [-0.05, 0) is 61.0 Å². The van der Waals surface area contributed by atoms with E-state index >= 15 is 0 Å². The van der Waals surface area contributed by atoms with E-state index in [0.717, 1.165) is 50.9 Å². The number of carbonyl (C=O) groups excluding carboxylic acids is 2. The Kier molecular flexibility index (Phi) is 13.1. The van der Waals surface area contributed by atoms with E-state index in [4.69, 9.17) is 4.74 Å². The van der Waals surface area contributed by atoms with Crippen LogP contribution in [0, 0.1) is 17.8 Å². The molecule has 0 aliphatic heterocycles. The molecule has 3 rings (SSSR count). The second-order valence-electron chi connectivity index (χ2n) is 12.3. The zero-order valence-electron chi connectivity index (χ0n) is 26.2. The molecule has 1 N–H and O–H groups in total. The number of aromatic nitrogens is 1. The largest absolute Gasteiger partial charge is 0.497 e. The molecule has 3 unspecified atom stereocenters. The summed E-state index contributed by atoms with van der Waals surface area (Å²) in [5.41, 5.74) is 1.49. The number of rotatable bonds is 18. The molecule has 1 aliphatic rings. The van der Waals surface area contributed by atoms with Gasteiger partial charge >= 0.3 is 0 Å². The van der Waals surface area contributed by atoms with Gasteiger partial charge in [-0.2, -0.15) is 0 Å². The standard InChI is InChI=1S/C35H53N3O3/c1-6-8-20-35(19-7-2,30-16-10-9-11-17-30)21-13-23-38(34(40)28(4)27(3)24-29-14-12-15-29)26-33(39)37-32-25-31(41-5)18-22-36-32/h9-11,16-18,22,25,27-29H,6-8,12-15,19-21,23-24,26H2,1-5H3,(H,36,37,39). The van der Waals surface area contributed by atoms with Crippen LogP contribution < -0.4 is 10.1 Å². The summed E-state index contributed by atoms with van der Waals surface area (Å²) in [6.07, 6.45) is 14.2. The molecule has 1 saturated carbocycles. The molecule has 0 radical (unpaired) electrons. The number of nitrogens with one attached hydrogen (secondary N) is 1. The Morgan fingerprint density at radius 2 is 1.78 bits per heavy atom. The van der Waals surface area contributed by atoms with Gasteiger partial charge in [-0.25, -0.2) is 4.98 Å². The Labute approximate surface area is 248 Å². The molecule has 1 aromatic heterocycles. The molecule has 226 valence electrons. The molecule has 1 fully saturated rings. The molecule has 0 bridgehead atoms. The predicted molar refractivity (Wildman–Crippen MR) is 168 cm³/mol. The van der Waals surface area contributed by atoms with Gasteiger partial charge in [-0.1, -0.05) is 96.6 Å². The summed E-state index contributed by atoms with van der Waals surface area (Å²) in [5, 5.41) is 2.88. The number of benzene rings is 1. The molecule has 41 heavy (non-hydrogen) atoms. The highest BCUT2D eigenvalue weighted by atomic mass is 16.5. The zero-order valence-corrected chi connectivity index (χ0v) is 26.2. The number of pyridine rings is 1. The van der Waals surface area contributed by atoms with Gasteiger partial charge in [0, 0.05) is 24.7 Å². The van der Waals surface area contributed by atoms with Crippen LogP contribution in [0.1, 0.15) is 104 Å². The summed E-state index contributed by atoms with van der Waals surface area (Å²) >= 11 is 0. The molecule has 6 heteroatoms. The highest BCUT2D eigenvalue weighted by Gasteiger charge is 2.33. The van der Waals surface area contributed by atoms with Gasteiger partial charge in [0.2, 0.25) is 11.8 Å². The normalized spacial score (nSPS) is 16.2. The maximum Gasteiger partial charge on any atom is 0.245 e. The van der Waals surface area contributed by atoms with Gasteiger partial charge in [-0.3, -0.25) is 9.59 Å². The van der Waals surface area contributed by atoms with Crippen LogP contribution in [0.3, 0.4) is 0 Å². The van der Waals surface area contributed by atoms with E-state index in [2.05, 4.69) is 61.4 Å². The number of methoxy groups -OCH3 is 1. The van der Waals surface area contributed by atoms with Crippen molar-refractivity contribution in [3.05, 3.63) is 54.2 Å². The van der Waals surface area contributed by atoms with Crippen LogP contribution in [0.15, 0.2) is 48.7 Å². The quantitative estimate of drug-likeness (QED) is 0.199. The molecule has 0 saturated heterocycles. The van der Waals surface area contributed by atoms with Crippen molar-refractivity contribution < 1.29 is 14.3 Å². The van der Waals surface area contributed by atoms with Gasteiger partial charge in [0.1, 0.15) is 11.6 Å². The second kappa shape index (κ2) is 16.5. The summed E-state index contributed by atoms with van der Waals surface area (Å²) in [5.74, 6) is 1.84. The third-order valence-corrected chi connectivity index (χ3v) is 9.26. The molecule has 0 spiro atoms. The number of nitrogens with zero attached hydrogens (tertiary/aromatic N) is 2. The maximum atomic E-state index is 13.9. The fraction of sp³-hybridized carbons (Fsp3) is 0.629. The van der Waals surface area contributed by atoms with Crippen molar-refractivity contribution >= 4 is 17.6 Å². The minimum atomic E-state index is -0.230. The van der Waals surface area contributed by atoms with E-state index in [0.29, 0.717) is 24.0 Å². The number of carbonyl (C=O) groups is 2. The van der Waals surface area contributed by atoms with E-state index in [1.807, 2.05) is 6.92 Å². The van der Waals surface area contributed by atoms with Crippen molar-refractivity contribution in [2.45, 2.75) is 104 Å². The van der Waals surface area contributed by atoms with Crippen LogP contribution in [-0.2, 0) is 15.0 Å². The van der Waals surface area contributed by atoms with Gasteiger partial charge in [0.05, 0.1) is 13.7 Å². The number of unbranched alkanes of at least 4 members (excludes halogenated alkanes) is 1.